The summed E-state index contributed by atoms with van der Waals surface area (Å²) in [7, 11) is 1.51. The fourth-order valence-electron chi connectivity index (χ4n) is 2.87. The van der Waals surface area contributed by atoms with Crippen LogP contribution in [0.1, 0.15) is 24.2 Å². The number of amides is 1. The molecule has 0 bridgehead atoms. The molecule has 1 heterocycles. The highest BCUT2D eigenvalue weighted by Crippen LogP contribution is 2.29. The standard InChI is InChI=1S/C15H23ClN4O2.C4H4O4/c1-4-19-8-10(9-20(19)5-2)18-15(21)11-6-12(16)13(17)7-14(11)22-3;5-3(6)1-2-4(7)8/h6-7,10H,4-5,8-9,17H2,1-3H3,(H,18,21);1-2H,(H,5,6)(H,7,8)/b;2-1+. The molecular weight excluding hydrogens is 416 g/mol. The number of hydrogen-bond donors (Lipinski definition) is 4. The molecule has 0 atom stereocenters. The van der Waals surface area contributed by atoms with Gasteiger partial charge in [-0.2, -0.15) is 0 Å². The van der Waals surface area contributed by atoms with Crippen molar-refractivity contribution in [3.63, 3.8) is 0 Å². The number of rotatable bonds is 7. The molecule has 0 aliphatic carbocycles. The number of halogens is 1. The molecule has 1 aromatic carbocycles. The zero-order valence-electron chi connectivity index (χ0n) is 17.1. The van der Waals surface area contributed by atoms with Crippen molar-refractivity contribution in [1.29, 1.82) is 0 Å². The van der Waals surface area contributed by atoms with E-state index in [1.54, 1.807) is 12.1 Å². The highest BCUT2D eigenvalue weighted by molar-refractivity contribution is 6.33. The van der Waals surface area contributed by atoms with Gasteiger partial charge in [0, 0.05) is 44.4 Å². The second-order valence-corrected chi connectivity index (χ2v) is 6.67. The number of hydrogen-bond acceptors (Lipinski definition) is 7. The van der Waals surface area contributed by atoms with E-state index in [0.717, 1.165) is 26.2 Å². The second kappa shape index (κ2) is 12.0. The number of ether oxygens (including phenoxy) is 1. The Morgan fingerprint density at radius 2 is 1.67 bits per heavy atom. The molecule has 30 heavy (non-hydrogen) atoms. The van der Waals surface area contributed by atoms with Gasteiger partial charge in [0.2, 0.25) is 0 Å². The van der Waals surface area contributed by atoms with Gasteiger partial charge < -0.3 is 26.0 Å². The normalized spacial score (nSPS) is 14.9. The van der Waals surface area contributed by atoms with Gasteiger partial charge >= 0.3 is 11.9 Å². The Hall–Kier alpha value is -2.82. The molecular formula is C19H27ClN4O6. The van der Waals surface area contributed by atoms with Crippen molar-refractivity contribution in [1.82, 2.24) is 15.3 Å². The zero-order chi connectivity index (χ0) is 22.8. The molecule has 1 saturated heterocycles. The summed E-state index contributed by atoms with van der Waals surface area (Å²) < 4.78 is 5.23. The Bertz CT molecular complexity index is 773. The van der Waals surface area contributed by atoms with Gasteiger partial charge in [0.05, 0.1) is 29.4 Å². The van der Waals surface area contributed by atoms with Crippen LogP contribution in [0.15, 0.2) is 24.3 Å². The molecule has 2 rings (SSSR count). The van der Waals surface area contributed by atoms with Crippen LogP contribution in [-0.2, 0) is 9.59 Å². The minimum absolute atomic E-state index is 0.0773. The maximum atomic E-state index is 12.5. The lowest BCUT2D eigenvalue weighted by atomic mass is 10.1. The quantitative estimate of drug-likeness (QED) is 0.362. The lowest BCUT2D eigenvalue weighted by Gasteiger charge is -2.24. The molecule has 0 unspecified atom stereocenters. The topological polar surface area (TPSA) is 145 Å². The highest BCUT2D eigenvalue weighted by atomic mass is 35.5. The zero-order valence-corrected chi connectivity index (χ0v) is 17.8. The molecule has 10 nitrogen and oxygen atoms in total. The van der Waals surface area contributed by atoms with Gasteiger partial charge in [0.1, 0.15) is 5.75 Å². The Morgan fingerprint density at radius 3 is 2.07 bits per heavy atom. The number of benzene rings is 1. The van der Waals surface area contributed by atoms with Crippen LogP contribution in [0.2, 0.25) is 5.02 Å². The van der Waals surface area contributed by atoms with E-state index in [4.69, 9.17) is 32.3 Å². The van der Waals surface area contributed by atoms with Gasteiger partial charge in [-0.25, -0.2) is 19.6 Å². The largest absolute Gasteiger partial charge is 0.496 e. The number of likely N-dealkylation sites (N-methyl/N-ethyl adjacent to an activating group) is 2. The molecule has 0 saturated carbocycles. The van der Waals surface area contributed by atoms with Crippen LogP contribution in [0.3, 0.4) is 0 Å². The third-order valence-corrected chi connectivity index (χ3v) is 4.59. The van der Waals surface area contributed by atoms with Crippen molar-refractivity contribution in [2.24, 2.45) is 0 Å². The maximum Gasteiger partial charge on any atom is 0.328 e. The summed E-state index contributed by atoms with van der Waals surface area (Å²) in [5.74, 6) is -2.28. The third kappa shape index (κ3) is 7.54. The van der Waals surface area contributed by atoms with E-state index in [-0.39, 0.29) is 11.9 Å². The molecule has 0 radical (unpaired) electrons. The van der Waals surface area contributed by atoms with Crippen molar-refractivity contribution >= 4 is 35.1 Å². The molecule has 1 aromatic rings. The van der Waals surface area contributed by atoms with Crippen LogP contribution < -0.4 is 15.8 Å². The monoisotopic (exact) mass is 442 g/mol. The molecule has 11 heteroatoms. The van der Waals surface area contributed by atoms with Gasteiger partial charge in [-0.05, 0) is 6.07 Å². The first-order valence-electron chi connectivity index (χ1n) is 9.20. The third-order valence-electron chi connectivity index (χ3n) is 4.26. The van der Waals surface area contributed by atoms with E-state index in [1.165, 1.54) is 7.11 Å². The predicted octanol–water partition coefficient (Wildman–Crippen LogP) is 1.31. The van der Waals surface area contributed by atoms with Crippen molar-refractivity contribution in [3.8, 4) is 5.75 Å². The van der Waals surface area contributed by atoms with Crippen LogP contribution in [0, 0.1) is 0 Å². The van der Waals surface area contributed by atoms with E-state index in [1.807, 2.05) is 0 Å². The van der Waals surface area contributed by atoms with Gasteiger partial charge in [0.25, 0.3) is 5.91 Å². The fourth-order valence-corrected chi connectivity index (χ4v) is 3.03. The first-order valence-corrected chi connectivity index (χ1v) is 9.58. The molecule has 1 fully saturated rings. The lowest BCUT2D eigenvalue weighted by molar-refractivity contribution is -0.134. The molecule has 1 aliphatic heterocycles. The Balaban J connectivity index is 0.000000479. The number of carbonyl (C=O) groups excluding carboxylic acids is 1. The van der Waals surface area contributed by atoms with Crippen LogP contribution in [0.4, 0.5) is 5.69 Å². The van der Waals surface area contributed by atoms with Gasteiger partial charge in [0.15, 0.2) is 0 Å². The highest BCUT2D eigenvalue weighted by Gasteiger charge is 2.29. The van der Waals surface area contributed by atoms with Crippen LogP contribution in [0.5, 0.6) is 5.75 Å². The summed E-state index contributed by atoms with van der Waals surface area (Å²) in [6.45, 7) is 7.68. The number of nitrogens with one attached hydrogen (secondary N) is 1. The van der Waals surface area contributed by atoms with Crippen molar-refractivity contribution in [2.45, 2.75) is 19.9 Å². The number of nitrogens with zero attached hydrogens (tertiary/aromatic N) is 2. The summed E-state index contributed by atoms with van der Waals surface area (Å²) in [6.07, 6.45) is 1.12. The molecule has 1 amide bonds. The Morgan fingerprint density at radius 1 is 1.17 bits per heavy atom. The number of methoxy groups -OCH3 is 1. The summed E-state index contributed by atoms with van der Waals surface area (Å²) in [5, 5.41) is 23.5. The van der Waals surface area contributed by atoms with Crippen molar-refractivity contribution in [3.05, 3.63) is 34.9 Å². The lowest BCUT2D eigenvalue weighted by Crippen LogP contribution is -2.38. The van der Waals surface area contributed by atoms with Crippen LogP contribution in [-0.4, -0.2) is 77.4 Å². The van der Waals surface area contributed by atoms with E-state index in [2.05, 4.69) is 29.2 Å². The number of aliphatic carboxylic acids is 2. The average molecular weight is 443 g/mol. The van der Waals surface area contributed by atoms with Crippen molar-refractivity contribution in [2.75, 3.05) is 39.0 Å². The SMILES string of the molecule is CCN1CC(NC(=O)c2cc(Cl)c(N)cc2OC)CN1CC.O=C(O)/C=C/C(=O)O. The van der Waals surface area contributed by atoms with Crippen LogP contribution >= 0.6 is 11.6 Å². The van der Waals surface area contributed by atoms with E-state index in [0.29, 0.717) is 34.2 Å². The number of carboxylic acids is 2. The second-order valence-electron chi connectivity index (χ2n) is 6.26. The summed E-state index contributed by atoms with van der Waals surface area (Å²) in [4.78, 5) is 31.6. The maximum absolute atomic E-state index is 12.5. The number of anilines is 1. The summed E-state index contributed by atoms with van der Waals surface area (Å²) in [5.41, 5.74) is 6.54. The Labute approximate surface area is 179 Å². The van der Waals surface area contributed by atoms with E-state index >= 15 is 0 Å². The number of nitrogens with two attached hydrogens (primary N) is 1. The van der Waals surface area contributed by atoms with Crippen molar-refractivity contribution < 1.29 is 29.3 Å². The average Bonchev–Trinajstić information content (AvgIpc) is 3.10. The molecule has 0 aromatic heterocycles. The van der Waals surface area contributed by atoms with Gasteiger partial charge in [-0.1, -0.05) is 25.4 Å². The minimum atomic E-state index is -1.26. The number of carboxylic acid groups (broad SMARTS) is 2. The van der Waals surface area contributed by atoms with Gasteiger partial charge in [-0.15, -0.1) is 0 Å². The molecule has 166 valence electrons. The van der Waals surface area contributed by atoms with Gasteiger partial charge in [-0.3, -0.25) is 4.79 Å². The number of nitrogen functional groups attached to an aromatic ring is 1. The summed E-state index contributed by atoms with van der Waals surface area (Å²) in [6, 6.07) is 3.20. The predicted molar refractivity (Wildman–Crippen MR) is 113 cm³/mol. The fraction of sp³-hybridized carbons (Fsp3) is 0.421. The molecule has 1 aliphatic rings. The number of hydrazine groups is 1. The molecule has 0 spiro atoms. The minimum Gasteiger partial charge on any atom is -0.496 e. The van der Waals surface area contributed by atoms with Crippen LogP contribution in [0.25, 0.3) is 0 Å². The Kier molecular flexibility index (Phi) is 10.1. The van der Waals surface area contributed by atoms with E-state index in [9.17, 15) is 14.4 Å². The smallest absolute Gasteiger partial charge is 0.328 e. The van der Waals surface area contributed by atoms with E-state index < -0.39 is 11.9 Å². The first-order chi connectivity index (χ1) is 14.1. The first kappa shape index (κ1) is 25.2. The number of carbonyl (C=O) groups is 3. The molecule has 5 N–H and O–H groups in total. The summed E-state index contributed by atoms with van der Waals surface area (Å²) >= 11 is 6.02.